The molecular weight excluding hydrogens is 364 g/mol. The summed E-state index contributed by atoms with van der Waals surface area (Å²) in [4.78, 5) is 30.1. The summed E-state index contributed by atoms with van der Waals surface area (Å²) in [5.41, 5.74) is 1.75. The second kappa shape index (κ2) is 8.52. The summed E-state index contributed by atoms with van der Waals surface area (Å²) in [5, 5.41) is 12.0. The number of piperidine rings is 1. The van der Waals surface area contributed by atoms with Crippen LogP contribution >= 0.6 is 11.3 Å². The zero-order valence-electron chi connectivity index (χ0n) is 15.6. The molecule has 1 aromatic heterocycles. The number of thiazole rings is 1. The van der Waals surface area contributed by atoms with Gasteiger partial charge in [-0.3, -0.25) is 9.59 Å². The minimum atomic E-state index is -0.769. The first-order chi connectivity index (χ1) is 13.0. The smallest absolute Gasteiger partial charge is 0.306 e. The number of nitrogens with zero attached hydrogens (tertiary/aromatic N) is 2. The maximum absolute atomic E-state index is 12.6. The van der Waals surface area contributed by atoms with Gasteiger partial charge in [0.1, 0.15) is 10.8 Å². The van der Waals surface area contributed by atoms with E-state index in [1.807, 2.05) is 43.5 Å². The molecule has 1 fully saturated rings. The highest BCUT2D eigenvalue weighted by atomic mass is 32.1. The van der Waals surface area contributed by atoms with Crippen molar-refractivity contribution in [1.29, 1.82) is 0 Å². The number of carbonyl (C=O) groups excluding carboxylic acids is 1. The van der Waals surface area contributed by atoms with E-state index in [9.17, 15) is 14.7 Å². The molecule has 2 unspecified atom stereocenters. The van der Waals surface area contributed by atoms with Crippen LogP contribution in [0, 0.1) is 11.8 Å². The molecule has 1 aliphatic heterocycles. The maximum Gasteiger partial charge on any atom is 0.306 e. The van der Waals surface area contributed by atoms with Gasteiger partial charge in [-0.2, -0.15) is 0 Å². The number of rotatable bonds is 6. The summed E-state index contributed by atoms with van der Waals surface area (Å²) >= 11 is 1.51. The molecule has 0 saturated carbocycles. The van der Waals surface area contributed by atoms with Gasteiger partial charge in [0, 0.05) is 24.0 Å². The van der Waals surface area contributed by atoms with Gasteiger partial charge in [-0.25, -0.2) is 4.98 Å². The van der Waals surface area contributed by atoms with Crippen molar-refractivity contribution in [1.82, 2.24) is 9.88 Å². The molecule has 27 heavy (non-hydrogen) atoms. The van der Waals surface area contributed by atoms with E-state index < -0.39 is 5.97 Å². The Morgan fingerprint density at radius 3 is 2.70 bits per heavy atom. The van der Waals surface area contributed by atoms with Crippen LogP contribution in [-0.2, 0) is 16.0 Å². The fourth-order valence-electron chi connectivity index (χ4n) is 3.39. The van der Waals surface area contributed by atoms with Crippen molar-refractivity contribution < 1.29 is 19.4 Å². The third-order valence-corrected chi connectivity index (χ3v) is 5.81. The summed E-state index contributed by atoms with van der Waals surface area (Å²) in [7, 11) is 0. The highest BCUT2D eigenvalue weighted by Gasteiger charge is 2.33. The number of amides is 1. The average Bonchev–Trinajstić information content (AvgIpc) is 3.10. The van der Waals surface area contributed by atoms with Gasteiger partial charge in [-0.15, -0.1) is 11.3 Å². The monoisotopic (exact) mass is 388 g/mol. The molecule has 3 rings (SSSR count). The third kappa shape index (κ3) is 4.66. The van der Waals surface area contributed by atoms with E-state index in [0.29, 0.717) is 26.1 Å². The largest absolute Gasteiger partial charge is 0.494 e. The Morgan fingerprint density at radius 1 is 1.33 bits per heavy atom. The molecule has 144 valence electrons. The van der Waals surface area contributed by atoms with Crippen LogP contribution in [0.3, 0.4) is 0 Å². The molecule has 7 heteroatoms. The summed E-state index contributed by atoms with van der Waals surface area (Å²) in [6, 6.07) is 7.76. The fraction of sp³-hybridized carbons (Fsp3) is 0.450. The van der Waals surface area contributed by atoms with Crippen molar-refractivity contribution in [3.8, 4) is 16.3 Å². The van der Waals surface area contributed by atoms with Gasteiger partial charge >= 0.3 is 5.97 Å². The Morgan fingerprint density at radius 2 is 2.07 bits per heavy atom. The van der Waals surface area contributed by atoms with E-state index >= 15 is 0 Å². The van der Waals surface area contributed by atoms with Crippen LogP contribution in [0.4, 0.5) is 0 Å². The van der Waals surface area contributed by atoms with E-state index in [2.05, 4.69) is 4.98 Å². The van der Waals surface area contributed by atoms with Crippen molar-refractivity contribution in [2.24, 2.45) is 11.8 Å². The summed E-state index contributed by atoms with van der Waals surface area (Å²) < 4.78 is 5.45. The SMILES string of the molecule is CCOc1ccc(-c2nc(CC(=O)N3CCC(C(=O)O)C(C)C3)cs2)cc1. The van der Waals surface area contributed by atoms with Gasteiger partial charge in [0.05, 0.1) is 24.6 Å². The number of likely N-dealkylation sites (tertiary alicyclic amines) is 1. The van der Waals surface area contributed by atoms with E-state index in [4.69, 9.17) is 4.74 Å². The van der Waals surface area contributed by atoms with Crippen LogP contribution in [0.2, 0.25) is 0 Å². The average molecular weight is 388 g/mol. The van der Waals surface area contributed by atoms with Crippen molar-refractivity contribution in [3.63, 3.8) is 0 Å². The van der Waals surface area contributed by atoms with Crippen molar-refractivity contribution in [3.05, 3.63) is 35.3 Å². The Kier molecular flexibility index (Phi) is 6.11. The molecular formula is C20H24N2O4S. The molecule has 0 aliphatic carbocycles. The molecule has 0 bridgehead atoms. The molecule has 2 atom stereocenters. The van der Waals surface area contributed by atoms with Crippen LogP contribution in [0.15, 0.2) is 29.6 Å². The predicted octanol–water partition coefficient (Wildman–Crippen LogP) is 3.32. The highest BCUT2D eigenvalue weighted by molar-refractivity contribution is 7.13. The van der Waals surface area contributed by atoms with E-state index in [1.165, 1.54) is 11.3 Å². The van der Waals surface area contributed by atoms with Crippen LogP contribution in [0.1, 0.15) is 26.0 Å². The predicted molar refractivity (Wildman–Crippen MR) is 104 cm³/mol. The lowest BCUT2D eigenvalue weighted by Crippen LogP contribution is -2.45. The Balaban J connectivity index is 1.60. The first-order valence-corrected chi connectivity index (χ1v) is 10.0. The highest BCUT2D eigenvalue weighted by Crippen LogP contribution is 2.27. The van der Waals surface area contributed by atoms with Crippen LogP contribution in [-0.4, -0.2) is 46.6 Å². The Labute approximate surface area is 162 Å². The molecule has 1 saturated heterocycles. The number of hydrogen-bond acceptors (Lipinski definition) is 5. The Bertz CT molecular complexity index is 803. The molecule has 0 radical (unpaired) electrons. The van der Waals surface area contributed by atoms with Gasteiger partial charge in [-0.1, -0.05) is 6.92 Å². The summed E-state index contributed by atoms with van der Waals surface area (Å²) in [6.45, 7) is 5.46. The Hall–Kier alpha value is -2.41. The molecule has 2 heterocycles. The van der Waals surface area contributed by atoms with E-state index in [-0.39, 0.29) is 24.2 Å². The normalized spacial score (nSPS) is 19.7. The molecule has 1 N–H and O–H groups in total. The maximum atomic E-state index is 12.6. The van der Waals surface area contributed by atoms with Gasteiger partial charge in [0.15, 0.2) is 0 Å². The molecule has 0 spiro atoms. The minimum absolute atomic E-state index is 0.00855. The summed E-state index contributed by atoms with van der Waals surface area (Å²) in [5.74, 6) is -0.329. The zero-order valence-corrected chi connectivity index (χ0v) is 16.4. The van der Waals surface area contributed by atoms with Crippen molar-refractivity contribution in [2.75, 3.05) is 19.7 Å². The van der Waals surface area contributed by atoms with Gasteiger partial charge in [0.2, 0.25) is 5.91 Å². The molecule has 6 nitrogen and oxygen atoms in total. The first kappa shape index (κ1) is 19.4. The third-order valence-electron chi connectivity index (χ3n) is 4.87. The van der Waals surface area contributed by atoms with Gasteiger partial charge in [0.25, 0.3) is 0 Å². The van der Waals surface area contributed by atoms with E-state index in [0.717, 1.165) is 22.0 Å². The number of ether oxygens (including phenoxy) is 1. The number of benzene rings is 1. The van der Waals surface area contributed by atoms with Crippen LogP contribution in [0.25, 0.3) is 10.6 Å². The first-order valence-electron chi connectivity index (χ1n) is 9.16. The molecule has 1 aliphatic rings. The molecule has 2 aromatic rings. The number of aliphatic carboxylic acids is 1. The van der Waals surface area contributed by atoms with Gasteiger partial charge in [-0.05, 0) is 43.5 Å². The molecule has 1 amide bonds. The fourth-order valence-corrected chi connectivity index (χ4v) is 4.21. The minimum Gasteiger partial charge on any atom is -0.494 e. The second-order valence-corrected chi connectivity index (χ2v) is 7.69. The van der Waals surface area contributed by atoms with Crippen LogP contribution < -0.4 is 4.74 Å². The van der Waals surface area contributed by atoms with Crippen molar-refractivity contribution >= 4 is 23.2 Å². The lowest BCUT2D eigenvalue weighted by atomic mass is 9.87. The van der Waals surface area contributed by atoms with Crippen molar-refractivity contribution in [2.45, 2.75) is 26.7 Å². The number of carboxylic acids is 1. The number of aromatic nitrogens is 1. The number of carboxylic acid groups (broad SMARTS) is 1. The number of carbonyl (C=O) groups is 2. The number of hydrogen-bond donors (Lipinski definition) is 1. The van der Waals surface area contributed by atoms with Gasteiger partial charge < -0.3 is 14.7 Å². The van der Waals surface area contributed by atoms with E-state index in [1.54, 1.807) is 4.90 Å². The molecule has 1 aromatic carbocycles. The quantitative estimate of drug-likeness (QED) is 0.821. The lowest BCUT2D eigenvalue weighted by Gasteiger charge is -2.34. The summed E-state index contributed by atoms with van der Waals surface area (Å²) in [6.07, 6.45) is 0.759. The standard InChI is InChI=1S/C20H24N2O4S/c1-3-26-16-6-4-14(5-7-16)19-21-15(12-27-19)10-18(23)22-9-8-17(20(24)25)13(2)11-22/h4-7,12-13,17H,3,8-11H2,1-2H3,(H,24,25). The second-order valence-electron chi connectivity index (χ2n) is 6.83. The zero-order chi connectivity index (χ0) is 19.4. The lowest BCUT2D eigenvalue weighted by molar-refractivity contribution is -0.148. The van der Waals surface area contributed by atoms with Crippen LogP contribution in [0.5, 0.6) is 5.75 Å². The topological polar surface area (TPSA) is 79.7 Å².